The number of fused-ring (bicyclic) bond motifs is 1. The number of hydrogen-bond acceptors (Lipinski definition) is 2. The van der Waals surface area contributed by atoms with Crippen LogP contribution in [0.4, 0.5) is 0 Å². The first kappa shape index (κ1) is 12.0. The van der Waals surface area contributed by atoms with Gasteiger partial charge in [0.1, 0.15) is 5.75 Å². The highest BCUT2D eigenvalue weighted by atomic mass is 16.5. The maximum absolute atomic E-state index is 6.55. The van der Waals surface area contributed by atoms with E-state index in [2.05, 4.69) is 42.5 Å². The van der Waals surface area contributed by atoms with Gasteiger partial charge in [0.2, 0.25) is 0 Å². The summed E-state index contributed by atoms with van der Waals surface area (Å²) in [6, 6.07) is 19.2. The summed E-state index contributed by atoms with van der Waals surface area (Å²) < 4.78 is 5.77. The van der Waals surface area contributed by atoms with Crippen LogP contribution in [0.2, 0.25) is 0 Å². The zero-order valence-electron chi connectivity index (χ0n) is 11.4. The third kappa shape index (κ3) is 1.92. The molecule has 0 amide bonds. The number of hydrogen-bond donors (Lipinski definition) is 1. The van der Waals surface area contributed by atoms with Crippen LogP contribution in [0.15, 0.2) is 54.6 Å². The van der Waals surface area contributed by atoms with Gasteiger partial charge < -0.3 is 10.5 Å². The molecule has 2 aliphatic rings. The number of nitrogens with two attached hydrogens (primary N) is 1. The van der Waals surface area contributed by atoms with E-state index in [4.69, 9.17) is 10.5 Å². The van der Waals surface area contributed by atoms with Gasteiger partial charge in [-0.1, -0.05) is 48.5 Å². The minimum absolute atomic E-state index is 0.198. The Hall–Kier alpha value is -1.80. The van der Waals surface area contributed by atoms with Gasteiger partial charge in [-0.05, 0) is 29.9 Å². The van der Waals surface area contributed by atoms with Crippen LogP contribution in [-0.4, -0.2) is 12.6 Å². The Kier molecular flexibility index (Phi) is 2.78. The molecule has 4 atom stereocenters. The fourth-order valence-corrected chi connectivity index (χ4v) is 3.53. The molecule has 1 heterocycles. The molecule has 0 bridgehead atoms. The lowest BCUT2D eigenvalue weighted by Crippen LogP contribution is -2.32. The summed E-state index contributed by atoms with van der Waals surface area (Å²) >= 11 is 0. The number of para-hydroxylation sites is 1. The molecule has 0 aromatic heterocycles. The van der Waals surface area contributed by atoms with E-state index in [0.29, 0.717) is 17.8 Å². The molecule has 1 aliphatic heterocycles. The van der Waals surface area contributed by atoms with Crippen molar-refractivity contribution in [2.75, 3.05) is 6.61 Å². The van der Waals surface area contributed by atoms with Crippen LogP contribution >= 0.6 is 0 Å². The molecule has 20 heavy (non-hydrogen) atoms. The third-order valence-corrected chi connectivity index (χ3v) is 4.76. The van der Waals surface area contributed by atoms with Gasteiger partial charge in [0.25, 0.3) is 0 Å². The molecule has 1 fully saturated rings. The van der Waals surface area contributed by atoms with Crippen molar-refractivity contribution in [3.8, 4) is 5.75 Å². The van der Waals surface area contributed by atoms with Crippen molar-refractivity contribution >= 4 is 0 Å². The maximum Gasteiger partial charge on any atom is 0.122 e. The zero-order chi connectivity index (χ0) is 13.5. The van der Waals surface area contributed by atoms with Crippen molar-refractivity contribution in [1.82, 2.24) is 0 Å². The van der Waals surface area contributed by atoms with E-state index in [1.165, 1.54) is 17.5 Å². The smallest absolute Gasteiger partial charge is 0.122 e. The van der Waals surface area contributed by atoms with Crippen LogP contribution in [0.1, 0.15) is 29.4 Å². The van der Waals surface area contributed by atoms with Crippen molar-refractivity contribution in [3.63, 3.8) is 0 Å². The van der Waals surface area contributed by atoms with Gasteiger partial charge in [-0.25, -0.2) is 0 Å². The van der Waals surface area contributed by atoms with Gasteiger partial charge in [0.05, 0.1) is 6.61 Å². The Morgan fingerprint density at radius 3 is 2.60 bits per heavy atom. The van der Waals surface area contributed by atoms with E-state index in [9.17, 15) is 0 Å². The number of ether oxygens (including phenoxy) is 1. The Morgan fingerprint density at radius 1 is 1.00 bits per heavy atom. The summed E-state index contributed by atoms with van der Waals surface area (Å²) in [4.78, 5) is 0. The SMILES string of the molecule is NC(C1COc2ccccc21)C1CC1c1ccccc1. The first-order chi connectivity index (χ1) is 9.84. The average molecular weight is 265 g/mol. The summed E-state index contributed by atoms with van der Waals surface area (Å²) in [6.07, 6.45) is 1.21. The highest BCUT2D eigenvalue weighted by molar-refractivity contribution is 5.41. The van der Waals surface area contributed by atoms with E-state index in [1.54, 1.807) is 0 Å². The van der Waals surface area contributed by atoms with Gasteiger partial charge in [0.15, 0.2) is 0 Å². The normalized spacial score (nSPS) is 28.6. The lowest BCUT2D eigenvalue weighted by Gasteiger charge is -2.18. The number of benzene rings is 2. The Balaban J connectivity index is 1.52. The average Bonchev–Trinajstić information content (AvgIpc) is 3.20. The highest BCUT2D eigenvalue weighted by Crippen LogP contribution is 2.52. The van der Waals surface area contributed by atoms with Crippen LogP contribution < -0.4 is 10.5 Å². The fraction of sp³-hybridized carbons (Fsp3) is 0.333. The van der Waals surface area contributed by atoms with E-state index in [0.717, 1.165) is 12.4 Å². The molecular formula is C18H19NO. The highest BCUT2D eigenvalue weighted by Gasteiger charge is 2.46. The van der Waals surface area contributed by atoms with Gasteiger partial charge in [-0.3, -0.25) is 0 Å². The molecule has 2 aromatic carbocycles. The van der Waals surface area contributed by atoms with Crippen LogP contribution in [-0.2, 0) is 0 Å². The van der Waals surface area contributed by atoms with E-state index >= 15 is 0 Å². The Bertz CT molecular complexity index is 610. The molecule has 0 spiro atoms. The van der Waals surface area contributed by atoms with Gasteiger partial charge in [-0.2, -0.15) is 0 Å². The van der Waals surface area contributed by atoms with Crippen molar-refractivity contribution in [2.24, 2.45) is 11.7 Å². The molecule has 0 radical (unpaired) electrons. The molecule has 102 valence electrons. The van der Waals surface area contributed by atoms with E-state index in [-0.39, 0.29) is 6.04 Å². The largest absolute Gasteiger partial charge is 0.493 e. The van der Waals surface area contributed by atoms with Crippen molar-refractivity contribution in [1.29, 1.82) is 0 Å². The lowest BCUT2D eigenvalue weighted by molar-refractivity contribution is 0.305. The molecule has 2 N–H and O–H groups in total. The minimum atomic E-state index is 0.198. The monoisotopic (exact) mass is 265 g/mol. The number of rotatable bonds is 3. The topological polar surface area (TPSA) is 35.2 Å². The van der Waals surface area contributed by atoms with Gasteiger partial charge in [-0.15, -0.1) is 0 Å². The molecule has 2 aromatic rings. The van der Waals surface area contributed by atoms with Crippen molar-refractivity contribution in [2.45, 2.75) is 24.3 Å². The van der Waals surface area contributed by atoms with Crippen molar-refractivity contribution < 1.29 is 4.74 Å². The predicted octanol–water partition coefficient (Wildman–Crippen LogP) is 3.29. The Labute approximate surface area is 119 Å². The second-order valence-electron chi connectivity index (χ2n) is 5.95. The molecule has 2 nitrogen and oxygen atoms in total. The van der Waals surface area contributed by atoms with Gasteiger partial charge >= 0.3 is 0 Å². The third-order valence-electron chi connectivity index (χ3n) is 4.76. The van der Waals surface area contributed by atoms with E-state index < -0.39 is 0 Å². The van der Waals surface area contributed by atoms with Crippen LogP contribution in [0.3, 0.4) is 0 Å². The van der Waals surface area contributed by atoms with Crippen molar-refractivity contribution in [3.05, 3.63) is 65.7 Å². The second kappa shape index (κ2) is 4.64. The summed E-state index contributed by atoms with van der Waals surface area (Å²) in [5, 5.41) is 0. The summed E-state index contributed by atoms with van der Waals surface area (Å²) in [5.41, 5.74) is 9.27. The maximum atomic E-state index is 6.55. The zero-order valence-corrected chi connectivity index (χ0v) is 11.4. The minimum Gasteiger partial charge on any atom is -0.493 e. The fourth-order valence-electron chi connectivity index (χ4n) is 3.53. The predicted molar refractivity (Wildman–Crippen MR) is 79.9 cm³/mol. The summed E-state index contributed by atoms with van der Waals surface area (Å²) in [5.74, 6) is 2.60. The van der Waals surface area contributed by atoms with Crippen LogP contribution in [0.25, 0.3) is 0 Å². The second-order valence-corrected chi connectivity index (χ2v) is 5.95. The first-order valence-corrected chi connectivity index (χ1v) is 7.37. The standard InChI is InChI=1S/C18H19NO/c19-18(15-10-14(15)12-6-2-1-3-7-12)16-11-20-17-9-5-4-8-13(16)17/h1-9,14-16,18H,10-11,19H2. The molecule has 1 aliphatic carbocycles. The molecule has 4 unspecified atom stereocenters. The first-order valence-electron chi connectivity index (χ1n) is 7.37. The van der Waals surface area contributed by atoms with Gasteiger partial charge in [0, 0.05) is 17.5 Å². The quantitative estimate of drug-likeness (QED) is 0.924. The van der Waals surface area contributed by atoms with Crippen LogP contribution in [0, 0.1) is 5.92 Å². The lowest BCUT2D eigenvalue weighted by atomic mass is 9.89. The Morgan fingerprint density at radius 2 is 1.75 bits per heavy atom. The molecule has 4 rings (SSSR count). The van der Waals surface area contributed by atoms with E-state index in [1.807, 2.05) is 12.1 Å². The molecule has 0 saturated heterocycles. The molecular weight excluding hydrogens is 246 g/mol. The summed E-state index contributed by atoms with van der Waals surface area (Å²) in [6.45, 7) is 0.735. The molecule has 1 saturated carbocycles. The molecule has 2 heteroatoms. The van der Waals surface area contributed by atoms with Crippen LogP contribution in [0.5, 0.6) is 5.75 Å². The summed E-state index contributed by atoms with van der Waals surface area (Å²) in [7, 11) is 0.